The minimum atomic E-state index is 0.318. The van der Waals surface area contributed by atoms with Crippen LogP contribution in [0.3, 0.4) is 0 Å². The average molecular weight is 466 g/mol. The summed E-state index contributed by atoms with van der Waals surface area (Å²) in [5, 5.41) is 0. The molecule has 2 rings (SSSR count). The molecule has 0 aliphatic carbocycles. The second-order valence-electron chi connectivity index (χ2n) is 7.78. The molecule has 0 spiro atoms. The summed E-state index contributed by atoms with van der Waals surface area (Å²) in [5.74, 6) is 1.80. The van der Waals surface area contributed by atoms with Gasteiger partial charge in [-0.25, -0.2) is 0 Å². The molecule has 0 amide bonds. The van der Waals surface area contributed by atoms with Gasteiger partial charge < -0.3 is 14.4 Å². The molecule has 5 heteroatoms. The molecule has 0 radical (unpaired) electrons. The van der Waals surface area contributed by atoms with E-state index in [9.17, 15) is 4.79 Å². The van der Waals surface area contributed by atoms with E-state index in [0.29, 0.717) is 18.2 Å². The topological polar surface area (TPSA) is 38.8 Å². The van der Waals surface area contributed by atoms with Crippen molar-refractivity contribution < 1.29 is 14.3 Å². The summed E-state index contributed by atoms with van der Waals surface area (Å²) in [7, 11) is 3.31. The molecule has 1 atom stereocenters. The summed E-state index contributed by atoms with van der Waals surface area (Å²) in [6.07, 6.45) is 11.9. The second-order valence-corrected chi connectivity index (χ2v) is 8.63. The van der Waals surface area contributed by atoms with Crippen LogP contribution >= 0.6 is 15.9 Å². The Balaban J connectivity index is 2.07. The van der Waals surface area contributed by atoms with Crippen LogP contribution in [0.15, 0.2) is 28.4 Å². The van der Waals surface area contributed by atoms with E-state index in [-0.39, 0.29) is 0 Å². The molecule has 1 aliphatic heterocycles. The van der Waals surface area contributed by atoms with Crippen molar-refractivity contribution in [1.29, 1.82) is 0 Å². The third-order valence-electron chi connectivity index (χ3n) is 5.78. The van der Waals surface area contributed by atoms with Crippen LogP contribution in [0, 0.1) is 0 Å². The van der Waals surface area contributed by atoms with E-state index in [1.807, 2.05) is 12.1 Å². The van der Waals surface area contributed by atoms with Crippen LogP contribution in [-0.2, 0) is 11.2 Å². The summed E-state index contributed by atoms with van der Waals surface area (Å²) in [4.78, 5) is 14.9. The average Bonchev–Trinajstić information content (AvgIpc) is 2.73. The Hall–Kier alpha value is -1.49. The van der Waals surface area contributed by atoms with E-state index >= 15 is 0 Å². The number of halogens is 1. The third kappa shape index (κ3) is 6.77. The standard InChI is InChI=1S/C24H36BrNO3/c1-5-7-8-9-10-11-20-15-22(27)18(6-2)17-26(20)13-12-19-14-23(28-3)24(29-4)16-21(19)25/h14,16-17,20H,5-13,15H2,1-4H3. The van der Waals surface area contributed by atoms with Crippen LogP contribution in [-0.4, -0.2) is 37.5 Å². The van der Waals surface area contributed by atoms with Gasteiger partial charge >= 0.3 is 0 Å². The highest BCUT2D eigenvalue weighted by Crippen LogP contribution is 2.34. The molecule has 1 unspecified atom stereocenters. The van der Waals surface area contributed by atoms with Gasteiger partial charge in [0.05, 0.1) is 14.2 Å². The Bertz CT molecular complexity index is 702. The summed E-state index contributed by atoms with van der Waals surface area (Å²) in [6.45, 7) is 5.20. The fraction of sp³-hybridized carbons (Fsp3) is 0.625. The van der Waals surface area contributed by atoms with Gasteiger partial charge in [0.25, 0.3) is 0 Å². The first-order valence-corrected chi connectivity index (χ1v) is 11.7. The largest absolute Gasteiger partial charge is 0.493 e. The number of Topliss-reactive ketones (excluding diaryl/α,β-unsaturated/α-hetero) is 1. The first-order chi connectivity index (χ1) is 14.0. The zero-order valence-electron chi connectivity index (χ0n) is 18.4. The van der Waals surface area contributed by atoms with Crippen LogP contribution in [0.1, 0.15) is 70.8 Å². The SMILES string of the molecule is CCCCCCCC1CC(=O)C(CC)=CN1CCc1cc(OC)c(OC)cc1Br. The minimum absolute atomic E-state index is 0.318. The number of carbonyl (C=O) groups excluding carboxylic acids is 1. The summed E-state index contributed by atoms with van der Waals surface area (Å²) in [6, 6.07) is 4.33. The zero-order valence-corrected chi connectivity index (χ0v) is 20.0. The van der Waals surface area contributed by atoms with E-state index in [1.165, 1.54) is 37.7 Å². The van der Waals surface area contributed by atoms with Crippen LogP contribution < -0.4 is 9.47 Å². The number of allylic oxidation sites excluding steroid dienone is 1. The molecule has 1 aromatic carbocycles. The molecule has 0 N–H and O–H groups in total. The first kappa shape index (κ1) is 23.8. The Morgan fingerprint density at radius 1 is 1.07 bits per heavy atom. The Labute approximate surface area is 184 Å². The predicted molar refractivity (Wildman–Crippen MR) is 123 cm³/mol. The highest BCUT2D eigenvalue weighted by Gasteiger charge is 2.26. The fourth-order valence-corrected chi connectivity index (χ4v) is 4.48. The number of unbranched alkanes of at least 4 members (excludes halogenated alkanes) is 4. The third-order valence-corrected chi connectivity index (χ3v) is 6.52. The molecule has 0 bridgehead atoms. The first-order valence-electron chi connectivity index (χ1n) is 10.9. The Kier molecular flexibility index (Phi) is 10.1. The lowest BCUT2D eigenvalue weighted by Gasteiger charge is -2.35. The second kappa shape index (κ2) is 12.3. The van der Waals surface area contributed by atoms with Gasteiger partial charge in [-0.3, -0.25) is 4.79 Å². The van der Waals surface area contributed by atoms with E-state index < -0.39 is 0 Å². The smallest absolute Gasteiger partial charge is 0.162 e. The molecule has 4 nitrogen and oxygen atoms in total. The van der Waals surface area contributed by atoms with Crippen LogP contribution in [0.25, 0.3) is 0 Å². The number of ether oxygens (including phenoxy) is 2. The van der Waals surface area contributed by atoms with E-state index in [0.717, 1.165) is 47.4 Å². The van der Waals surface area contributed by atoms with Gasteiger partial charge in [-0.2, -0.15) is 0 Å². The number of benzene rings is 1. The van der Waals surface area contributed by atoms with Gasteiger partial charge in [0.15, 0.2) is 17.3 Å². The number of nitrogens with zero attached hydrogens (tertiary/aromatic N) is 1. The van der Waals surface area contributed by atoms with Gasteiger partial charge in [-0.1, -0.05) is 61.9 Å². The highest BCUT2D eigenvalue weighted by molar-refractivity contribution is 9.10. The number of carbonyl (C=O) groups is 1. The highest BCUT2D eigenvalue weighted by atomic mass is 79.9. The Morgan fingerprint density at radius 2 is 1.76 bits per heavy atom. The number of hydrogen-bond acceptors (Lipinski definition) is 4. The van der Waals surface area contributed by atoms with E-state index in [4.69, 9.17) is 9.47 Å². The van der Waals surface area contributed by atoms with Gasteiger partial charge in [0, 0.05) is 35.3 Å². The van der Waals surface area contributed by atoms with Crippen LogP contribution in [0.2, 0.25) is 0 Å². The van der Waals surface area contributed by atoms with Crippen molar-refractivity contribution in [3.05, 3.63) is 33.9 Å². The molecular weight excluding hydrogens is 430 g/mol. The lowest BCUT2D eigenvalue weighted by molar-refractivity contribution is -0.117. The normalized spacial score (nSPS) is 16.7. The lowest BCUT2D eigenvalue weighted by Crippen LogP contribution is -2.38. The van der Waals surface area contributed by atoms with Crippen LogP contribution in [0.4, 0.5) is 0 Å². The molecule has 0 aromatic heterocycles. The van der Waals surface area contributed by atoms with Crippen molar-refractivity contribution >= 4 is 21.7 Å². The molecule has 1 aliphatic rings. The van der Waals surface area contributed by atoms with Crippen molar-refractivity contribution in [2.75, 3.05) is 20.8 Å². The monoisotopic (exact) mass is 465 g/mol. The predicted octanol–water partition coefficient (Wildman–Crippen LogP) is 6.31. The van der Waals surface area contributed by atoms with Crippen molar-refractivity contribution in [2.45, 2.75) is 77.7 Å². The van der Waals surface area contributed by atoms with Crippen molar-refractivity contribution in [2.24, 2.45) is 0 Å². The molecule has 1 aromatic rings. The molecule has 0 saturated heterocycles. The summed E-state index contributed by atoms with van der Waals surface area (Å²) < 4.78 is 11.9. The number of hydrogen-bond donors (Lipinski definition) is 0. The number of ketones is 1. The lowest BCUT2D eigenvalue weighted by atomic mass is 9.93. The van der Waals surface area contributed by atoms with Gasteiger partial charge in [0.1, 0.15) is 0 Å². The zero-order chi connectivity index (χ0) is 21.2. The van der Waals surface area contributed by atoms with Gasteiger partial charge in [0.2, 0.25) is 0 Å². The van der Waals surface area contributed by atoms with Crippen molar-refractivity contribution in [1.82, 2.24) is 4.90 Å². The van der Waals surface area contributed by atoms with Crippen molar-refractivity contribution in [3.63, 3.8) is 0 Å². The molecule has 162 valence electrons. The maximum atomic E-state index is 12.5. The van der Waals surface area contributed by atoms with E-state index in [1.54, 1.807) is 14.2 Å². The van der Waals surface area contributed by atoms with Gasteiger partial charge in [-0.15, -0.1) is 0 Å². The number of methoxy groups -OCH3 is 2. The van der Waals surface area contributed by atoms with Crippen molar-refractivity contribution in [3.8, 4) is 11.5 Å². The molecule has 0 saturated carbocycles. The molecule has 1 heterocycles. The van der Waals surface area contributed by atoms with Gasteiger partial charge in [-0.05, 0) is 37.0 Å². The van der Waals surface area contributed by atoms with E-state index in [2.05, 4.69) is 40.9 Å². The summed E-state index contributed by atoms with van der Waals surface area (Å²) in [5.41, 5.74) is 2.14. The molecule has 29 heavy (non-hydrogen) atoms. The summed E-state index contributed by atoms with van der Waals surface area (Å²) >= 11 is 3.67. The fourth-order valence-electron chi connectivity index (χ4n) is 3.96. The maximum Gasteiger partial charge on any atom is 0.162 e. The minimum Gasteiger partial charge on any atom is -0.493 e. The quantitative estimate of drug-likeness (QED) is 0.339. The van der Waals surface area contributed by atoms with Crippen LogP contribution in [0.5, 0.6) is 11.5 Å². The molecular formula is C24H36BrNO3. The maximum absolute atomic E-state index is 12.5. The number of rotatable bonds is 12. The molecule has 0 fully saturated rings. The Morgan fingerprint density at radius 3 is 2.41 bits per heavy atom.